The van der Waals surface area contributed by atoms with Gasteiger partial charge in [-0.25, -0.2) is 4.98 Å². The predicted octanol–water partition coefficient (Wildman–Crippen LogP) is 7.28. The standard InChI is InChI=1S/C27H24Cl3N3S/c28-21-5-3-19(4-6-21)2-1-13-32-14-10-27(11-15-32)18-33(24-8-7-22(29)17-23(24)27)26(34)20-9-12-31-25(30)16-20/h1-9,12,16-17H,10-11,13-15,18H2/b2-1+. The van der Waals surface area contributed by atoms with E-state index in [4.69, 9.17) is 47.0 Å². The first kappa shape index (κ1) is 23.8. The van der Waals surface area contributed by atoms with E-state index in [2.05, 4.69) is 39.1 Å². The lowest BCUT2D eigenvalue weighted by Gasteiger charge is -2.39. The largest absolute Gasteiger partial charge is 0.331 e. The molecular formula is C27H24Cl3N3S. The SMILES string of the molecule is S=C(c1ccnc(Cl)c1)N1CC2(CCN(C/C=C/c3ccc(Cl)cc3)CC2)c2cc(Cl)ccc21. The summed E-state index contributed by atoms with van der Waals surface area (Å²) in [7, 11) is 0. The van der Waals surface area contributed by atoms with E-state index in [1.165, 1.54) is 5.56 Å². The maximum absolute atomic E-state index is 6.45. The number of benzene rings is 2. The molecule has 7 heteroatoms. The van der Waals surface area contributed by atoms with Gasteiger partial charge in [0.25, 0.3) is 0 Å². The Morgan fingerprint density at radius 1 is 0.971 bits per heavy atom. The van der Waals surface area contributed by atoms with Gasteiger partial charge in [0.1, 0.15) is 10.1 Å². The fourth-order valence-corrected chi connectivity index (χ4v) is 5.78. The molecule has 1 spiro atoms. The third-order valence-electron chi connectivity index (χ3n) is 6.86. The molecule has 3 nitrogen and oxygen atoms in total. The smallest absolute Gasteiger partial charge is 0.129 e. The number of thiocarbonyl (C=S) groups is 1. The molecule has 0 atom stereocenters. The molecule has 1 saturated heterocycles. The highest BCUT2D eigenvalue weighted by molar-refractivity contribution is 7.81. The van der Waals surface area contributed by atoms with Gasteiger partial charge in [-0.2, -0.15) is 0 Å². The van der Waals surface area contributed by atoms with Gasteiger partial charge in [0.2, 0.25) is 0 Å². The molecule has 5 rings (SSSR count). The number of hydrogen-bond donors (Lipinski definition) is 0. The summed E-state index contributed by atoms with van der Waals surface area (Å²) < 4.78 is 0. The van der Waals surface area contributed by atoms with Crippen molar-refractivity contribution in [1.82, 2.24) is 9.88 Å². The summed E-state index contributed by atoms with van der Waals surface area (Å²) in [5, 5.41) is 1.98. The van der Waals surface area contributed by atoms with Crippen LogP contribution in [0.1, 0.15) is 29.5 Å². The molecule has 1 fully saturated rings. The van der Waals surface area contributed by atoms with Crippen LogP contribution >= 0.6 is 47.0 Å². The first-order valence-electron chi connectivity index (χ1n) is 11.3. The number of fused-ring (bicyclic) bond motifs is 2. The lowest BCUT2D eigenvalue weighted by molar-refractivity contribution is 0.182. The van der Waals surface area contributed by atoms with Crippen LogP contribution in [0.15, 0.2) is 66.9 Å². The summed E-state index contributed by atoms with van der Waals surface area (Å²) in [5.41, 5.74) is 4.57. The van der Waals surface area contributed by atoms with Gasteiger partial charge in [-0.3, -0.25) is 4.90 Å². The van der Waals surface area contributed by atoms with Crippen molar-refractivity contribution in [3.8, 4) is 0 Å². The highest BCUT2D eigenvalue weighted by atomic mass is 35.5. The average molecular weight is 529 g/mol. The van der Waals surface area contributed by atoms with Gasteiger partial charge >= 0.3 is 0 Å². The van der Waals surface area contributed by atoms with E-state index >= 15 is 0 Å². The van der Waals surface area contributed by atoms with Gasteiger partial charge in [0.05, 0.1) is 0 Å². The zero-order valence-electron chi connectivity index (χ0n) is 18.6. The molecule has 0 N–H and O–H groups in total. The molecule has 1 aromatic heterocycles. The van der Waals surface area contributed by atoms with Gasteiger partial charge in [-0.15, -0.1) is 0 Å². The molecule has 2 aliphatic heterocycles. The van der Waals surface area contributed by atoms with Crippen molar-refractivity contribution in [2.75, 3.05) is 31.1 Å². The van der Waals surface area contributed by atoms with Crippen LogP contribution in [0.25, 0.3) is 6.08 Å². The molecule has 3 aromatic rings. The Balaban J connectivity index is 1.31. The Labute approximate surface area is 221 Å². The monoisotopic (exact) mass is 527 g/mol. The van der Waals surface area contributed by atoms with E-state index in [-0.39, 0.29) is 5.41 Å². The average Bonchev–Trinajstić information content (AvgIpc) is 3.14. The Morgan fingerprint density at radius 2 is 1.71 bits per heavy atom. The fraction of sp³-hybridized carbons (Fsp3) is 0.259. The minimum atomic E-state index is 0.0392. The highest BCUT2D eigenvalue weighted by Gasteiger charge is 2.45. The molecule has 2 aliphatic rings. The van der Waals surface area contributed by atoms with Crippen molar-refractivity contribution >= 4 is 63.8 Å². The van der Waals surface area contributed by atoms with Gasteiger partial charge in [0, 0.05) is 46.0 Å². The third-order valence-corrected chi connectivity index (χ3v) is 8.01. The minimum Gasteiger partial charge on any atom is -0.331 e. The number of nitrogens with zero attached hydrogens (tertiary/aromatic N) is 3. The summed E-state index contributed by atoms with van der Waals surface area (Å²) in [5.74, 6) is 0. The van der Waals surface area contributed by atoms with E-state index in [9.17, 15) is 0 Å². The maximum Gasteiger partial charge on any atom is 0.129 e. The van der Waals surface area contributed by atoms with E-state index in [1.807, 2.05) is 42.5 Å². The van der Waals surface area contributed by atoms with Crippen molar-refractivity contribution in [1.29, 1.82) is 0 Å². The molecule has 34 heavy (non-hydrogen) atoms. The molecule has 0 saturated carbocycles. The van der Waals surface area contributed by atoms with Crippen LogP contribution in [0.4, 0.5) is 5.69 Å². The molecule has 0 aliphatic carbocycles. The molecule has 174 valence electrons. The number of anilines is 1. The minimum absolute atomic E-state index is 0.0392. The van der Waals surface area contributed by atoms with Crippen LogP contribution in [-0.2, 0) is 5.41 Å². The summed E-state index contributed by atoms with van der Waals surface area (Å²) in [6.45, 7) is 3.84. The quantitative estimate of drug-likeness (QED) is 0.261. The molecular weight excluding hydrogens is 505 g/mol. The Kier molecular flexibility index (Phi) is 6.97. The number of rotatable bonds is 4. The Bertz CT molecular complexity index is 1230. The van der Waals surface area contributed by atoms with Crippen molar-refractivity contribution in [3.05, 3.63) is 98.8 Å². The second-order valence-corrected chi connectivity index (χ2v) is 10.6. The second kappa shape index (κ2) is 9.96. The predicted molar refractivity (Wildman–Crippen MR) is 148 cm³/mol. The summed E-state index contributed by atoms with van der Waals surface area (Å²) in [6, 6.07) is 17.9. The highest BCUT2D eigenvalue weighted by Crippen LogP contribution is 2.48. The van der Waals surface area contributed by atoms with Crippen LogP contribution in [0.2, 0.25) is 15.2 Å². The lowest BCUT2D eigenvalue weighted by atomic mass is 9.74. The van der Waals surface area contributed by atoms with Crippen LogP contribution in [0.3, 0.4) is 0 Å². The molecule has 2 aromatic carbocycles. The fourth-order valence-electron chi connectivity index (χ4n) is 5.02. The first-order valence-corrected chi connectivity index (χ1v) is 12.9. The number of likely N-dealkylation sites (tertiary alicyclic amines) is 1. The van der Waals surface area contributed by atoms with E-state index < -0.39 is 0 Å². The normalized spacial score (nSPS) is 17.4. The molecule has 0 radical (unpaired) electrons. The summed E-state index contributed by atoms with van der Waals surface area (Å²) >= 11 is 24.5. The lowest BCUT2D eigenvalue weighted by Crippen LogP contribution is -2.46. The Hall–Kier alpha value is -1.95. The molecule has 3 heterocycles. The number of hydrogen-bond acceptors (Lipinski definition) is 3. The maximum atomic E-state index is 6.45. The first-order chi connectivity index (χ1) is 16.4. The zero-order chi connectivity index (χ0) is 23.7. The number of piperidine rings is 1. The molecule has 0 bridgehead atoms. The van der Waals surface area contributed by atoms with Crippen LogP contribution in [0.5, 0.6) is 0 Å². The number of aromatic nitrogens is 1. The van der Waals surface area contributed by atoms with Crippen molar-refractivity contribution in [2.45, 2.75) is 18.3 Å². The Morgan fingerprint density at radius 3 is 2.44 bits per heavy atom. The molecule has 0 unspecified atom stereocenters. The van der Waals surface area contributed by atoms with Crippen molar-refractivity contribution < 1.29 is 0 Å². The van der Waals surface area contributed by atoms with Gasteiger partial charge in [0.15, 0.2) is 0 Å². The second-order valence-electron chi connectivity index (χ2n) is 8.95. The van der Waals surface area contributed by atoms with E-state index in [0.717, 1.165) is 70.9 Å². The number of pyridine rings is 1. The van der Waals surface area contributed by atoms with Crippen LogP contribution in [0, 0.1) is 0 Å². The van der Waals surface area contributed by atoms with E-state index in [1.54, 1.807) is 6.20 Å². The van der Waals surface area contributed by atoms with Gasteiger partial charge < -0.3 is 4.90 Å². The summed E-state index contributed by atoms with van der Waals surface area (Å²) in [6.07, 6.45) is 8.21. The van der Waals surface area contributed by atoms with Gasteiger partial charge in [-0.1, -0.05) is 71.3 Å². The van der Waals surface area contributed by atoms with E-state index in [0.29, 0.717) is 5.15 Å². The topological polar surface area (TPSA) is 19.4 Å². The summed E-state index contributed by atoms with van der Waals surface area (Å²) in [4.78, 5) is 9.63. The van der Waals surface area contributed by atoms with Crippen molar-refractivity contribution in [3.63, 3.8) is 0 Å². The molecule has 0 amide bonds. The van der Waals surface area contributed by atoms with Gasteiger partial charge in [-0.05, 0) is 79.5 Å². The van der Waals surface area contributed by atoms with Crippen LogP contribution < -0.4 is 4.90 Å². The third kappa shape index (κ3) is 4.89. The van der Waals surface area contributed by atoms with Crippen molar-refractivity contribution in [2.24, 2.45) is 0 Å². The number of halogens is 3. The zero-order valence-corrected chi connectivity index (χ0v) is 21.6. The van der Waals surface area contributed by atoms with Crippen LogP contribution in [-0.4, -0.2) is 41.1 Å².